The van der Waals surface area contributed by atoms with Gasteiger partial charge in [0, 0.05) is 0 Å². The lowest BCUT2D eigenvalue weighted by molar-refractivity contribution is -0.107. The van der Waals surface area contributed by atoms with Gasteiger partial charge in [0.05, 0.1) is 5.25 Å². The molecule has 1 nitrogen and oxygen atoms in total. The minimum Gasteiger partial charge on any atom is -0.302 e. The van der Waals surface area contributed by atoms with Crippen LogP contribution in [0.5, 0.6) is 0 Å². The molecule has 1 unspecified atom stereocenters. The Morgan fingerprint density at radius 1 is 1.62 bits per heavy atom. The van der Waals surface area contributed by atoms with Crippen molar-refractivity contribution in [2.24, 2.45) is 0 Å². The molecule has 0 aliphatic rings. The first-order valence-electron chi connectivity index (χ1n) is 2.92. The van der Waals surface area contributed by atoms with Crippen molar-refractivity contribution in [2.75, 3.05) is 5.75 Å². The molecule has 48 valence electrons. The quantitative estimate of drug-likeness (QED) is 0.542. The molecule has 0 aromatic rings. The summed E-state index contributed by atoms with van der Waals surface area (Å²) in [5.41, 5.74) is 0. The minimum atomic E-state index is 0.236. The molecule has 0 aromatic heterocycles. The van der Waals surface area contributed by atoms with E-state index in [9.17, 15) is 4.79 Å². The van der Waals surface area contributed by atoms with Crippen LogP contribution in [0.25, 0.3) is 0 Å². The predicted molar refractivity (Wildman–Crippen MR) is 38.3 cm³/mol. The predicted octanol–water partition coefficient (Wildman–Crippen LogP) is 1.72. The zero-order chi connectivity index (χ0) is 6.41. The normalized spacial score (nSPS) is 13.2. The maximum Gasteiger partial charge on any atom is 0.132 e. The molecule has 0 N–H and O–H groups in total. The van der Waals surface area contributed by atoms with Gasteiger partial charge in [-0.1, -0.05) is 13.8 Å². The van der Waals surface area contributed by atoms with Crippen LogP contribution in [-0.2, 0) is 4.79 Å². The second kappa shape index (κ2) is 5.16. The van der Waals surface area contributed by atoms with Crippen molar-refractivity contribution in [1.29, 1.82) is 0 Å². The van der Waals surface area contributed by atoms with E-state index >= 15 is 0 Å². The maximum atomic E-state index is 10.1. The van der Waals surface area contributed by atoms with E-state index in [-0.39, 0.29) is 5.25 Å². The number of thioether (sulfide) groups is 1. The Labute approximate surface area is 54.8 Å². The second-order valence-corrected chi connectivity index (χ2v) is 3.05. The molecule has 0 bridgehead atoms. The summed E-state index contributed by atoms with van der Waals surface area (Å²) >= 11 is 1.71. The average Bonchev–Trinajstić information content (AvgIpc) is 1.83. The largest absolute Gasteiger partial charge is 0.302 e. The highest BCUT2D eigenvalue weighted by atomic mass is 32.2. The third-order valence-corrected chi connectivity index (χ3v) is 2.14. The molecule has 0 aromatic carbocycles. The summed E-state index contributed by atoms with van der Waals surface area (Å²) in [6.45, 7) is 4.10. The van der Waals surface area contributed by atoms with Gasteiger partial charge in [-0.25, -0.2) is 0 Å². The van der Waals surface area contributed by atoms with Gasteiger partial charge >= 0.3 is 0 Å². The van der Waals surface area contributed by atoms with Gasteiger partial charge in [-0.3, -0.25) is 0 Å². The molecule has 8 heavy (non-hydrogen) atoms. The van der Waals surface area contributed by atoms with E-state index in [0.29, 0.717) is 0 Å². The Morgan fingerprint density at radius 3 is 2.38 bits per heavy atom. The van der Waals surface area contributed by atoms with Crippen molar-refractivity contribution >= 4 is 18.0 Å². The average molecular weight is 132 g/mol. The van der Waals surface area contributed by atoms with Crippen LogP contribution in [-0.4, -0.2) is 17.3 Å². The molecule has 0 heterocycles. The van der Waals surface area contributed by atoms with Crippen LogP contribution >= 0.6 is 11.8 Å². The second-order valence-electron chi connectivity index (χ2n) is 1.54. The van der Waals surface area contributed by atoms with E-state index in [1.807, 2.05) is 6.92 Å². The lowest BCUT2D eigenvalue weighted by Gasteiger charge is -2.01. The first-order valence-corrected chi connectivity index (χ1v) is 3.96. The van der Waals surface area contributed by atoms with Gasteiger partial charge in [0.15, 0.2) is 0 Å². The van der Waals surface area contributed by atoms with Crippen LogP contribution in [0.2, 0.25) is 0 Å². The molecule has 0 rings (SSSR count). The fraction of sp³-hybridized carbons (Fsp3) is 0.833. The van der Waals surface area contributed by atoms with Crippen LogP contribution in [0.15, 0.2) is 0 Å². The maximum absolute atomic E-state index is 10.1. The van der Waals surface area contributed by atoms with Gasteiger partial charge < -0.3 is 4.79 Å². The molecule has 0 aliphatic heterocycles. The highest BCUT2D eigenvalue weighted by Crippen LogP contribution is 2.09. The van der Waals surface area contributed by atoms with Crippen LogP contribution in [0, 0.1) is 0 Å². The Bertz CT molecular complexity index is 63.5. The van der Waals surface area contributed by atoms with Gasteiger partial charge in [0.2, 0.25) is 0 Å². The molecule has 0 fully saturated rings. The Kier molecular flexibility index (Phi) is 5.18. The van der Waals surface area contributed by atoms with Crippen molar-refractivity contribution in [3.05, 3.63) is 0 Å². The molecule has 0 radical (unpaired) electrons. The number of aldehydes is 1. The van der Waals surface area contributed by atoms with E-state index in [1.54, 1.807) is 11.8 Å². The molecular formula is C6H12OS. The van der Waals surface area contributed by atoms with Crippen molar-refractivity contribution in [2.45, 2.75) is 25.5 Å². The van der Waals surface area contributed by atoms with E-state index < -0.39 is 0 Å². The van der Waals surface area contributed by atoms with E-state index in [0.717, 1.165) is 18.5 Å². The number of carbonyl (C=O) groups excluding carboxylic acids is 1. The van der Waals surface area contributed by atoms with E-state index in [4.69, 9.17) is 0 Å². The van der Waals surface area contributed by atoms with E-state index in [1.165, 1.54) is 0 Å². The van der Waals surface area contributed by atoms with Crippen LogP contribution in [0.1, 0.15) is 20.3 Å². The standard InChI is InChI=1S/C6H12OS/c1-3-6(5-7)8-4-2/h5-6H,3-4H2,1-2H3. The Balaban J connectivity index is 3.21. The van der Waals surface area contributed by atoms with Gasteiger partial charge in [0.1, 0.15) is 6.29 Å². The van der Waals surface area contributed by atoms with Crippen molar-refractivity contribution in [3.63, 3.8) is 0 Å². The lowest BCUT2D eigenvalue weighted by Crippen LogP contribution is -2.01. The number of hydrogen-bond acceptors (Lipinski definition) is 2. The Hall–Kier alpha value is 0.0200. The monoisotopic (exact) mass is 132 g/mol. The topological polar surface area (TPSA) is 17.1 Å². The van der Waals surface area contributed by atoms with Crippen molar-refractivity contribution in [3.8, 4) is 0 Å². The molecule has 2 heteroatoms. The summed E-state index contributed by atoms with van der Waals surface area (Å²) in [7, 11) is 0. The van der Waals surface area contributed by atoms with Crippen LogP contribution < -0.4 is 0 Å². The van der Waals surface area contributed by atoms with Crippen LogP contribution in [0.4, 0.5) is 0 Å². The molecule has 0 saturated carbocycles. The zero-order valence-corrected chi connectivity index (χ0v) is 6.20. The molecule has 0 spiro atoms. The van der Waals surface area contributed by atoms with Gasteiger partial charge in [-0.05, 0) is 12.2 Å². The molecule has 0 amide bonds. The highest BCUT2D eigenvalue weighted by molar-refractivity contribution is 8.00. The molecule has 0 saturated heterocycles. The summed E-state index contributed by atoms with van der Waals surface area (Å²) < 4.78 is 0. The summed E-state index contributed by atoms with van der Waals surface area (Å²) in [6.07, 6.45) is 1.98. The third-order valence-electron chi connectivity index (χ3n) is 0.935. The fourth-order valence-electron chi connectivity index (χ4n) is 0.467. The first kappa shape index (κ1) is 8.02. The number of hydrogen-bond donors (Lipinski definition) is 0. The lowest BCUT2D eigenvalue weighted by atomic mass is 10.4. The van der Waals surface area contributed by atoms with E-state index in [2.05, 4.69) is 6.92 Å². The van der Waals surface area contributed by atoms with Gasteiger partial charge in [0.25, 0.3) is 0 Å². The highest BCUT2D eigenvalue weighted by Gasteiger charge is 2.00. The smallest absolute Gasteiger partial charge is 0.132 e. The van der Waals surface area contributed by atoms with Gasteiger partial charge in [-0.15, -0.1) is 0 Å². The SMILES string of the molecule is CCSC(C=O)CC. The first-order chi connectivity index (χ1) is 3.85. The van der Waals surface area contributed by atoms with Crippen LogP contribution in [0.3, 0.4) is 0 Å². The third kappa shape index (κ3) is 3.08. The summed E-state index contributed by atoms with van der Waals surface area (Å²) in [4.78, 5) is 10.1. The summed E-state index contributed by atoms with van der Waals surface area (Å²) in [5, 5.41) is 0.236. The summed E-state index contributed by atoms with van der Waals surface area (Å²) in [5.74, 6) is 1.04. The van der Waals surface area contributed by atoms with Crippen molar-refractivity contribution in [1.82, 2.24) is 0 Å². The molecule has 0 aliphatic carbocycles. The Morgan fingerprint density at radius 2 is 2.25 bits per heavy atom. The number of rotatable bonds is 4. The molecular weight excluding hydrogens is 120 g/mol. The van der Waals surface area contributed by atoms with Crippen molar-refractivity contribution < 1.29 is 4.79 Å². The zero-order valence-electron chi connectivity index (χ0n) is 5.39. The minimum absolute atomic E-state index is 0.236. The van der Waals surface area contributed by atoms with Gasteiger partial charge in [-0.2, -0.15) is 11.8 Å². The summed E-state index contributed by atoms with van der Waals surface area (Å²) in [6, 6.07) is 0. The fourth-order valence-corrected chi connectivity index (χ4v) is 1.21. The number of carbonyl (C=O) groups is 1. The molecule has 1 atom stereocenters.